The Balaban J connectivity index is 1.17. The number of unbranched alkanes of at least 4 members (excludes halogenated alkanes) is 1. The van der Waals surface area contributed by atoms with Crippen LogP contribution in [0.5, 0.6) is 11.5 Å². The fourth-order valence-electron chi connectivity index (χ4n) is 5.64. The quantitative estimate of drug-likeness (QED) is 0.425. The number of aliphatic hydroxyl groups excluding tert-OH is 1. The Morgan fingerprint density at radius 1 is 1.08 bits per heavy atom. The van der Waals surface area contributed by atoms with Crippen molar-refractivity contribution < 1.29 is 28.8 Å². The van der Waals surface area contributed by atoms with Gasteiger partial charge in [0.15, 0.2) is 17.3 Å². The molecule has 2 aromatic carbocycles. The molecule has 1 fully saturated rings. The number of hydrogen-bond acceptors (Lipinski definition) is 7. The molecular formula is C29H33N3O7. The van der Waals surface area contributed by atoms with Crippen LogP contribution in [-0.4, -0.2) is 64.9 Å². The minimum atomic E-state index is -0.578. The number of H-pyrrole nitrogens is 1. The van der Waals surface area contributed by atoms with Crippen LogP contribution in [0.2, 0.25) is 0 Å². The van der Waals surface area contributed by atoms with Gasteiger partial charge in [-0.2, -0.15) is 0 Å². The van der Waals surface area contributed by atoms with Crippen molar-refractivity contribution in [3.63, 3.8) is 0 Å². The zero-order valence-electron chi connectivity index (χ0n) is 21.7. The van der Waals surface area contributed by atoms with Crippen molar-refractivity contribution in [2.24, 2.45) is 0 Å². The lowest BCUT2D eigenvalue weighted by Crippen LogP contribution is -2.42. The normalized spacial score (nSPS) is 21.2. The van der Waals surface area contributed by atoms with Crippen molar-refractivity contribution in [1.82, 2.24) is 14.5 Å². The van der Waals surface area contributed by atoms with E-state index in [1.807, 2.05) is 53.1 Å². The van der Waals surface area contributed by atoms with Crippen LogP contribution in [0.4, 0.5) is 0 Å². The summed E-state index contributed by atoms with van der Waals surface area (Å²) in [6, 6.07) is 13.5. The molecule has 3 aromatic rings. The minimum absolute atomic E-state index is 0.0166. The molecule has 0 unspecified atom stereocenters. The highest BCUT2D eigenvalue weighted by Crippen LogP contribution is 2.39. The molecule has 3 aliphatic rings. The Morgan fingerprint density at radius 3 is 2.74 bits per heavy atom. The van der Waals surface area contributed by atoms with Crippen molar-refractivity contribution in [1.29, 1.82) is 0 Å². The van der Waals surface area contributed by atoms with Gasteiger partial charge in [-0.25, -0.2) is 4.79 Å². The standard InChI is InChI=1S/C29H33N3O7/c33-13-3-4-14-36-27-17-20(19-7-8-24-25(15-19)38-18-37-24)16-26(39-27)28(34)31-11-9-21(10-12-31)32-23-6-2-1-5-22(23)30-29(32)35/h1-2,5-8,15-16,20-21,27,33H,3-4,9-14,17-18H2,(H,30,35)/t20-,27+/m1/s1. The highest BCUT2D eigenvalue weighted by Gasteiger charge is 2.34. The molecule has 3 aliphatic heterocycles. The molecule has 0 saturated carbocycles. The van der Waals surface area contributed by atoms with E-state index in [-0.39, 0.29) is 42.7 Å². The molecule has 10 nitrogen and oxygen atoms in total. The fraction of sp³-hybridized carbons (Fsp3) is 0.448. The number of fused-ring (bicyclic) bond motifs is 2. The third-order valence-corrected chi connectivity index (χ3v) is 7.69. The number of carbonyl (C=O) groups excluding carboxylic acids is 1. The Hall–Kier alpha value is -3.76. The van der Waals surface area contributed by atoms with E-state index in [1.54, 1.807) is 4.90 Å². The van der Waals surface area contributed by atoms with E-state index in [2.05, 4.69) is 4.98 Å². The maximum absolute atomic E-state index is 13.6. The highest BCUT2D eigenvalue weighted by atomic mass is 16.7. The number of hydrogen-bond donors (Lipinski definition) is 2. The van der Waals surface area contributed by atoms with Gasteiger partial charge in [0.2, 0.25) is 13.1 Å². The molecule has 2 atom stereocenters. The number of carbonyl (C=O) groups is 1. The van der Waals surface area contributed by atoms with Crippen LogP contribution in [0.15, 0.2) is 59.1 Å². The van der Waals surface area contributed by atoms with Gasteiger partial charge in [-0.1, -0.05) is 18.2 Å². The van der Waals surface area contributed by atoms with E-state index >= 15 is 0 Å². The lowest BCUT2D eigenvalue weighted by molar-refractivity contribution is -0.153. The smallest absolute Gasteiger partial charge is 0.326 e. The number of likely N-dealkylation sites (tertiary alicyclic amines) is 1. The summed E-state index contributed by atoms with van der Waals surface area (Å²) in [6.45, 7) is 1.79. The highest BCUT2D eigenvalue weighted by molar-refractivity contribution is 5.92. The van der Waals surface area contributed by atoms with Crippen molar-refractivity contribution in [3.8, 4) is 11.5 Å². The number of imidazole rings is 1. The molecule has 0 aliphatic carbocycles. The Morgan fingerprint density at radius 2 is 1.90 bits per heavy atom. The summed E-state index contributed by atoms with van der Waals surface area (Å²) in [5.74, 6) is 1.40. The van der Waals surface area contributed by atoms with Crippen molar-refractivity contribution in [2.45, 2.75) is 50.4 Å². The number of piperidine rings is 1. The second kappa shape index (κ2) is 11.2. The number of aromatic amines is 1. The Bertz CT molecular complexity index is 1420. The Labute approximate surface area is 225 Å². The van der Waals surface area contributed by atoms with Gasteiger partial charge >= 0.3 is 5.69 Å². The third kappa shape index (κ3) is 5.26. The topological polar surface area (TPSA) is 115 Å². The van der Waals surface area contributed by atoms with Crippen molar-refractivity contribution >= 4 is 16.9 Å². The van der Waals surface area contributed by atoms with E-state index in [0.717, 1.165) is 16.6 Å². The van der Waals surface area contributed by atoms with E-state index in [0.29, 0.717) is 63.3 Å². The van der Waals surface area contributed by atoms with Crippen LogP contribution in [0.1, 0.15) is 49.6 Å². The lowest BCUT2D eigenvalue weighted by Gasteiger charge is -2.35. The predicted octanol–water partition coefficient (Wildman–Crippen LogP) is 3.43. The minimum Gasteiger partial charge on any atom is -0.459 e. The summed E-state index contributed by atoms with van der Waals surface area (Å²) in [4.78, 5) is 31.0. The average molecular weight is 536 g/mol. The molecule has 10 heteroatoms. The molecule has 1 amide bonds. The number of allylic oxidation sites excluding steroid dienone is 1. The van der Waals surface area contributed by atoms with Gasteiger partial charge in [-0.05, 0) is 61.6 Å². The van der Waals surface area contributed by atoms with Gasteiger partial charge < -0.3 is 33.9 Å². The zero-order chi connectivity index (χ0) is 26.8. The molecule has 6 rings (SSSR count). The molecule has 0 bridgehead atoms. The molecule has 1 saturated heterocycles. The van der Waals surface area contributed by atoms with Crippen LogP contribution in [0, 0.1) is 0 Å². The second-order valence-corrected chi connectivity index (χ2v) is 10.2. The van der Waals surface area contributed by atoms with E-state index in [1.165, 1.54) is 0 Å². The van der Waals surface area contributed by atoms with Gasteiger partial charge in [-0.3, -0.25) is 9.36 Å². The molecule has 39 heavy (non-hydrogen) atoms. The van der Waals surface area contributed by atoms with Crippen LogP contribution >= 0.6 is 0 Å². The lowest BCUT2D eigenvalue weighted by atomic mass is 9.92. The molecule has 2 N–H and O–H groups in total. The first-order chi connectivity index (χ1) is 19.1. The number of aliphatic hydroxyl groups is 1. The first-order valence-corrected chi connectivity index (χ1v) is 13.6. The number of aromatic nitrogens is 2. The molecule has 0 radical (unpaired) electrons. The monoisotopic (exact) mass is 535 g/mol. The van der Waals surface area contributed by atoms with Gasteiger partial charge in [0.1, 0.15) is 0 Å². The zero-order valence-corrected chi connectivity index (χ0v) is 21.7. The number of ether oxygens (including phenoxy) is 4. The first-order valence-electron chi connectivity index (χ1n) is 13.6. The Kier molecular flexibility index (Phi) is 7.30. The molecular weight excluding hydrogens is 502 g/mol. The number of benzene rings is 2. The van der Waals surface area contributed by atoms with E-state index in [4.69, 9.17) is 24.1 Å². The summed E-state index contributed by atoms with van der Waals surface area (Å²) in [6.07, 6.45) is 4.56. The molecule has 1 aromatic heterocycles. The van der Waals surface area contributed by atoms with Gasteiger partial charge in [0.05, 0.1) is 17.6 Å². The largest absolute Gasteiger partial charge is 0.459 e. The first kappa shape index (κ1) is 25.5. The molecule has 4 heterocycles. The number of rotatable bonds is 8. The van der Waals surface area contributed by atoms with Crippen LogP contribution in [-0.2, 0) is 14.3 Å². The summed E-state index contributed by atoms with van der Waals surface area (Å²) in [5.41, 5.74) is 2.58. The van der Waals surface area contributed by atoms with E-state index in [9.17, 15) is 9.59 Å². The number of nitrogens with zero attached hydrogens (tertiary/aromatic N) is 2. The van der Waals surface area contributed by atoms with Crippen LogP contribution < -0.4 is 15.2 Å². The summed E-state index contributed by atoms with van der Waals surface area (Å²) in [5, 5.41) is 9.09. The summed E-state index contributed by atoms with van der Waals surface area (Å²) in [7, 11) is 0. The number of nitrogens with one attached hydrogen (secondary N) is 1. The number of amides is 1. The molecule has 0 spiro atoms. The maximum atomic E-state index is 13.6. The van der Waals surface area contributed by atoms with Crippen LogP contribution in [0.3, 0.4) is 0 Å². The van der Waals surface area contributed by atoms with E-state index < -0.39 is 6.29 Å². The number of para-hydroxylation sites is 2. The molecule has 206 valence electrons. The maximum Gasteiger partial charge on any atom is 0.326 e. The SMILES string of the molecule is O=C(C1=C[C@@H](c2ccc3c(c2)OCO3)C[C@@H](OCCCCO)O1)N1CCC(n2c(=O)[nH]c3ccccc32)CC1. The predicted molar refractivity (Wildman–Crippen MR) is 143 cm³/mol. The van der Waals surface area contributed by atoms with Gasteiger partial charge in [-0.15, -0.1) is 0 Å². The van der Waals surface area contributed by atoms with Crippen molar-refractivity contribution in [3.05, 3.63) is 70.3 Å². The summed E-state index contributed by atoms with van der Waals surface area (Å²) < 4.78 is 24.9. The van der Waals surface area contributed by atoms with Crippen LogP contribution in [0.25, 0.3) is 11.0 Å². The van der Waals surface area contributed by atoms with Crippen molar-refractivity contribution in [2.75, 3.05) is 33.1 Å². The fourth-order valence-corrected chi connectivity index (χ4v) is 5.64. The van der Waals surface area contributed by atoms with Gasteiger partial charge in [0.25, 0.3) is 5.91 Å². The third-order valence-electron chi connectivity index (χ3n) is 7.69. The summed E-state index contributed by atoms with van der Waals surface area (Å²) >= 11 is 0. The average Bonchev–Trinajstić information content (AvgIpc) is 3.58. The van der Waals surface area contributed by atoms with Gasteiger partial charge in [0, 0.05) is 38.1 Å². The second-order valence-electron chi connectivity index (χ2n) is 10.2.